The van der Waals surface area contributed by atoms with E-state index in [2.05, 4.69) is 16.3 Å². The maximum atomic E-state index is 14.5. The summed E-state index contributed by atoms with van der Waals surface area (Å²) < 4.78 is 16.3. The summed E-state index contributed by atoms with van der Waals surface area (Å²) in [6.45, 7) is 0.959. The number of hydrogen-bond donors (Lipinski definition) is 1. The summed E-state index contributed by atoms with van der Waals surface area (Å²) in [6.07, 6.45) is 12.7. The summed E-state index contributed by atoms with van der Waals surface area (Å²) in [5.74, 6) is 0.661. The van der Waals surface area contributed by atoms with Crippen molar-refractivity contribution >= 4 is 17.7 Å². The molecule has 1 aromatic carbocycles. The van der Waals surface area contributed by atoms with Crippen LogP contribution in [0.5, 0.6) is 0 Å². The maximum absolute atomic E-state index is 14.5. The molecule has 2 aliphatic heterocycles. The minimum Gasteiger partial charge on any atom is -0.322 e. The molecule has 0 radical (unpaired) electrons. The molecule has 4 rings (SSSR count). The number of nitrogens with one attached hydrogen (secondary N) is 1. The topological polar surface area (TPSA) is 84.3 Å². The Morgan fingerprint density at radius 1 is 1.23 bits per heavy atom. The van der Waals surface area contributed by atoms with E-state index in [-0.39, 0.29) is 30.9 Å². The van der Waals surface area contributed by atoms with Crippen LogP contribution in [-0.2, 0) is 29.1 Å². The third-order valence-corrected chi connectivity index (χ3v) is 5.88. The van der Waals surface area contributed by atoms with E-state index >= 15 is 0 Å². The summed E-state index contributed by atoms with van der Waals surface area (Å²) in [5, 5.41) is 6.47. The van der Waals surface area contributed by atoms with Crippen LogP contribution in [0.1, 0.15) is 59.2 Å². The van der Waals surface area contributed by atoms with Gasteiger partial charge in [-0.1, -0.05) is 18.4 Å². The molecule has 0 bridgehead atoms. The maximum Gasteiger partial charge on any atom is 0.258 e. The van der Waals surface area contributed by atoms with Gasteiger partial charge in [-0.2, -0.15) is 5.10 Å². The number of benzene rings is 1. The van der Waals surface area contributed by atoms with Gasteiger partial charge in [0.1, 0.15) is 11.9 Å². The number of unbranched alkanes of at least 4 members (excludes halogenated alkanes) is 2. The zero-order valence-corrected chi connectivity index (χ0v) is 17.1. The van der Waals surface area contributed by atoms with Gasteiger partial charge in [-0.3, -0.25) is 24.4 Å². The Labute approximate surface area is 179 Å². The fourth-order valence-corrected chi connectivity index (χ4v) is 4.25. The molecule has 8 heteroatoms. The Morgan fingerprint density at radius 3 is 2.81 bits per heavy atom. The van der Waals surface area contributed by atoms with Crippen molar-refractivity contribution in [2.75, 3.05) is 0 Å². The standard InChI is InChI=1S/C23H23FN4O3/c1-2-15-12-25-27(13-15)11-5-3-4-6-16-7-8-18(24)21-17(16)14-28(23(21)31)19-9-10-20(29)26-22(19)30/h1,7-8,12-13,19H,3-6,9-11,14H2,(H,26,29,30). The van der Waals surface area contributed by atoms with Gasteiger partial charge in [0.25, 0.3) is 5.91 Å². The Balaban J connectivity index is 1.38. The first kappa shape index (κ1) is 20.8. The molecule has 2 aliphatic rings. The molecule has 1 N–H and O–H groups in total. The molecule has 160 valence electrons. The molecule has 0 spiro atoms. The summed E-state index contributed by atoms with van der Waals surface area (Å²) in [7, 11) is 0. The number of rotatable bonds is 7. The lowest BCUT2D eigenvalue weighted by Gasteiger charge is -2.29. The molecule has 7 nitrogen and oxygen atoms in total. The Kier molecular flexibility index (Phi) is 5.85. The van der Waals surface area contributed by atoms with Crippen LogP contribution >= 0.6 is 0 Å². The van der Waals surface area contributed by atoms with Crippen molar-refractivity contribution in [3.8, 4) is 12.3 Å². The number of amides is 3. The third kappa shape index (κ3) is 4.22. The normalized spacial score (nSPS) is 18.1. The lowest BCUT2D eigenvalue weighted by molar-refractivity contribution is -0.136. The second kappa shape index (κ2) is 8.72. The lowest BCUT2D eigenvalue weighted by Crippen LogP contribution is -2.52. The van der Waals surface area contributed by atoms with Gasteiger partial charge in [-0.05, 0) is 42.9 Å². The fraction of sp³-hybridized carbons (Fsp3) is 0.391. The van der Waals surface area contributed by atoms with Crippen molar-refractivity contribution in [2.24, 2.45) is 0 Å². The van der Waals surface area contributed by atoms with Gasteiger partial charge in [0, 0.05) is 25.7 Å². The molecule has 1 unspecified atom stereocenters. The second-order valence-electron chi connectivity index (χ2n) is 7.91. The number of imide groups is 1. The zero-order valence-electron chi connectivity index (χ0n) is 17.1. The summed E-state index contributed by atoms with van der Waals surface area (Å²) in [4.78, 5) is 37.9. The van der Waals surface area contributed by atoms with Crippen molar-refractivity contribution in [1.29, 1.82) is 0 Å². The number of terminal acetylenes is 1. The minimum atomic E-state index is -0.744. The van der Waals surface area contributed by atoms with Crippen LogP contribution in [0.3, 0.4) is 0 Å². The average molecular weight is 422 g/mol. The zero-order chi connectivity index (χ0) is 22.0. The van der Waals surface area contributed by atoms with E-state index in [1.54, 1.807) is 12.3 Å². The Morgan fingerprint density at radius 2 is 2.06 bits per heavy atom. The molecule has 31 heavy (non-hydrogen) atoms. The predicted molar refractivity (Wildman–Crippen MR) is 110 cm³/mol. The van der Waals surface area contributed by atoms with Crippen LogP contribution in [0.25, 0.3) is 0 Å². The van der Waals surface area contributed by atoms with E-state index in [9.17, 15) is 18.8 Å². The predicted octanol–water partition coefficient (Wildman–Crippen LogP) is 2.18. The first-order chi connectivity index (χ1) is 15.0. The molecule has 1 fully saturated rings. The largest absolute Gasteiger partial charge is 0.322 e. The molecule has 2 aromatic rings. The highest BCUT2D eigenvalue weighted by Crippen LogP contribution is 2.32. The molecule has 1 atom stereocenters. The smallest absolute Gasteiger partial charge is 0.258 e. The van der Waals surface area contributed by atoms with Crippen LogP contribution in [0.4, 0.5) is 4.39 Å². The number of carbonyl (C=O) groups is 3. The lowest BCUT2D eigenvalue weighted by atomic mass is 9.98. The molecule has 3 heterocycles. The molecule has 1 saturated heterocycles. The number of aromatic nitrogens is 2. The number of hydrogen-bond acceptors (Lipinski definition) is 4. The second-order valence-corrected chi connectivity index (χ2v) is 7.91. The van der Waals surface area contributed by atoms with E-state index in [4.69, 9.17) is 6.42 Å². The van der Waals surface area contributed by atoms with Crippen LogP contribution in [-0.4, -0.2) is 38.4 Å². The number of halogens is 1. The van der Waals surface area contributed by atoms with Gasteiger partial charge in [0.05, 0.1) is 17.3 Å². The number of carbonyl (C=O) groups excluding carboxylic acids is 3. The van der Waals surface area contributed by atoms with Crippen molar-refractivity contribution in [3.05, 3.63) is 52.6 Å². The van der Waals surface area contributed by atoms with Gasteiger partial charge in [-0.15, -0.1) is 6.42 Å². The number of fused-ring (bicyclic) bond motifs is 1. The monoisotopic (exact) mass is 422 g/mol. The number of aryl methyl sites for hydroxylation is 2. The van der Waals surface area contributed by atoms with E-state index < -0.39 is 23.7 Å². The highest BCUT2D eigenvalue weighted by Gasteiger charge is 2.41. The van der Waals surface area contributed by atoms with Crippen LogP contribution in [0.2, 0.25) is 0 Å². The summed E-state index contributed by atoms with van der Waals surface area (Å²) in [6, 6.07) is 2.31. The molecule has 1 aromatic heterocycles. The highest BCUT2D eigenvalue weighted by atomic mass is 19.1. The van der Waals surface area contributed by atoms with Crippen molar-refractivity contribution in [1.82, 2.24) is 20.0 Å². The Hall–Kier alpha value is -3.47. The van der Waals surface area contributed by atoms with Crippen LogP contribution < -0.4 is 5.32 Å². The van der Waals surface area contributed by atoms with Crippen molar-refractivity contribution in [2.45, 2.75) is 57.7 Å². The van der Waals surface area contributed by atoms with E-state index in [0.717, 1.165) is 36.9 Å². The van der Waals surface area contributed by atoms with Crippen molar-refractivity contribution < 1.29 is 18.8 Å². The first-order valence-electron chi connectivity index (χ1n) is 10.4. The third-order valence-electron chi connectivity index (χ3n) is 5.88. The highest BCUT2D eigenvalue weighted by molar-refractivity contribution is 6.05. The molecule has 0 aliphatic carbocycles. The van der Waals surface area contributed by atoms with Crippen LogP contribution in [0, 0.1) is 18.2 Å². The van der Waals surface area contributed by atoms with Gasteiger partial charge in [0.2, 0.25) is 11.8 Å². The number of piperidine rings is 1. The van der Waals surface area contributed by atoms with Gasteiger partial charge in [-0.25, -0.2) is 4.39 Å². The molecular formula is C23H23FN4O3. The molecule has 3 amide bonds. The van der Waals surface area contributed by atoms with E-state index in [1.807, 2.05) is 10.9 Å². The SMILES string of the molecule is C#Cc1cnn(CCCCCc2ccc(F)c3c2CN(C2CCC(=O)NC2=O)C3=O)c1. The quantitative estimate of drug-likeness (QED) is 0.421. The van der Waals surface area contributed by atoms with Gasteiger partial charge < -0.3 is 4.90 Å². The summed E-state index contributed by atoms with van der Waals surface area (Å²) >= 11 is 0. The molecular weight excluding hydrogens is 399 g/mol. The number of nitrogens with zero attached hydrogens (tertiary/aromatic N) is 3. The van der Waals surface area contributed by atoms with E-state index in [1.165, 1.54) is 11.0 Å². The van der Waals surface area contributed by atoms with Gasteiger partial charge in [0.15, 0.2) is 0 Å². The van der Waals surface area contributed by atoms with Gasteiger partial charge >= 0.3 is 0 Å². The fourth-order valence-electron chi connectivity index (χ4n) is 4.25. The van der Waals surface area contributed by atoms with Crippen molar-refractivity contribution in [3.63, 3.8) is 0 Å². The molecule has 0 saturated carbocycles. The van der Waals surface area contributed by atoms with Crippen LogP contribution in [0.15, 0.2) is 24.5 Å². The average Bonchev–Trinajstić information content (AvgIpc) is 3.34. The first-order valence-corrected chi connectivity index (χ1v) is 10.4. The Bertz CT molecular complexity index is 1080. The minimum absolute atomic E-state index is 0.0561. The van der Waals surface area contributed by atoms with E-state index in [0.29, 0.717) is 12.0 Å². The summed E-state index contributed by atoms with van der Waals surface area (Å²) in [5.41, 5.74) is 2.39.